The molecule has 0 aromatic heterocycles. The van der Waals surface area contributed by atoms with Crippen LogP contribution in [0.1, 0.15) is 25.8 Å². The molecule has 0 amide bonds. The molecular weight excluding hydrogens is 388 g/mol. The van der Waals surface area contributed by atoms with E-state index in [0.717, 1.165) is 19.6 Å². The first kappa shape index (κ1) is 19.9. The van der Waals surface area contributed by atoms with Crippen LogP contribution in [0, 0.1) is 10.8 Å². The lowest BCUT2D eigenvalue weighted by Gasteiger charge is -2.54. The Morgan fingerprint density at radius 3 is 2.12 bits per heavy atom. The van der Waals surface area contributed by atoms with Crippen LogP contribution < -0.4 is 5.32 Å². The van der Waals surface area contributed by atoms with E-state index in [4.69, 9.17) is 19.8 Å². The average molecular weight is 413 g/mol. The Morgan fingerprint density at radius 1 is 1.12 bits per heavy atom. The van der Waals surface area contributed by atoms with E-state index in [1.165, 1.54) is 29.5 Å². The second kappa shape index (κ2) is 7.85. The summed E-state index contributed by atoms with van der Waals surface area (Å²) in [6.07, 6.45) is 1.36. The Balaban J connectivity index is 0.000000326. The molecule has 2 saturated heterocycles. The van der Waals surface area contributed by atoms with Gasteiger partial charge in [0.1, 0.15) is 0 Å². The van der Waals surface area contributed by atoms with E-state index in [1.807, 2.05) is 0 Å². The third-order valence-electron chi connectivity index (χ3n) is 4.70. The van der Waals surface area contributed by atoms with Crippen molar-refractivity contribution < 1.29 is 19.8 Å². The van der Waals surface area contributed by atoms with Gasteiger partial charge in [-0.3, -0.25) is 4.90 Å². The lowest BCUT2D eigenvalue weighted by molar-refractivity contribution is -0.159. The summed E-state index contributed by atoms with van der Waals surface area (Å²) in [6, 6.07) is 8.60. The predicted molar refractivity (Wildman–Crippen MR) is 98.4 cm³/mol. The molecule has 2 aliphatic rings. The molecule has 2 unspecified atom stereocenters. The SMILES string of the molecule is CC12CNCC(C)(CN(Cc3ccccc3Br)C1)C2.O=C(O)C(=O)O. The van der Waals surface area contributed by atoms with Crippen molar-refractivity contribution in [1.82, 2.24) is 10.2 Å². The number of rotatable bonds is 2. The van der Waals surface area contributed by atoms with Gasteiger partial charge in [0, 0.05) is 37.2 Å². The van der Waals surface area contributed by atoms with E-state index in [9.17, 15) is 0 Å². The number of carboxylic acid groups (broad SMARTS) is 2. The van der Waals surface area contributed by atoms with Crippen LogP contribution in [0.15, 0.2) is 28.7 Å². The fourth-order valence-electron chi connectivity index (χ4n) is 4.16. The van der Waals surface area contributed by atoms with Gasteiger partial charge in [0.25, 0.3) is 0 Å². The van der Waals surface area contributed by atoms with Gasteiger partial charge in [0.15, 0.2) is 0 Å². The smallest absolute Gasteiger partial charge is 0.414 e. The minimum Gasteiger partial charge on any atom is -0.473 e. The highest BCUT2D eigenvalue weighted by Crippen LogP contribution is 2.43. The van der Waals surface area contributed by atoms with Crippen molar-refractivity contribution in [1.29, 1.82) is 0 Å². The summed E-state index contributed by atoms with van der Waals surface area (Å²) in [6.45, 7) is 10.7. The first-order valence-corrected chi connectivity index (χ1v) is 9.05. The normalized spacial score (nSPS) is 28.6. The highest BCUT2D eigenvalue weighted by molar-refractivity contribution is 9.10. The number of carboxylic acids is 2. The van der Waals surface area contributed by atoms with Crippen LogP contribution in [-0.2, 0) is 16.1 Å². The van der Waals surface area contributed by atoms with Crippen LogP contribution in [0.4, 0.5) is 0 Å². The second-order valence-electron chi connectivity index (χ2n) is 7.75. The molecule has 2 bridgehead atoms. The number of carbonyl (C=O) groups is 2. The summed E-state index contributed by atoms with van der Waals surface area (Å²) < 4.78 is 1.24. The summed E-state index contributed by atoms with van der Waals surface area (Å²) in [7, 11) is 0. The van der Waals surface area contributed by atoms with Crippen molar-refractivity contribution >= 4 is 27.9 Å². The van der Waals surface area contributed by atoms with Crippen molar-refractivity contribution in [3.05, 3.63) is 34.3 Å². The van der Waals surface area contributed by atoms with Crippen LogP contribution >= 0.6 is 15.9 Å². The van der Waals surface area contributed by atoms with Crippen molar-refractivity contribution in [2.24, 2.45) is 10.8 Å². The van der Waals surface area contributed by atoms with Gasteiger partial charge in [0.2, 0.25) is 0 Å². The van der Waals surface area contributed by atoms with Gasteiger partial charge < -0.3 is 15.5 Å². The molecule has 2 fully saturated rings. The van der Waals surface area contributed by atoms with Gasteiger partial charge in [-0.15, -0.1) is 0 Å². The molecule has 0 aliphatic carbocycles. The third kappa shape index (κ3) is 5.52. The molecule has 0 radical (unpaired) electrons. The molecule has 2 heterocycles. The van der Waals surface area contributed by atoms with Crippen molar-refractivity contribution in [2.45, 2.75) is 26.8 Å². The number of piperidine rings is 2. The number of hydrogen-bond acceptors (Lipinski definition) is 4. The van der Waals surface area contributed by atoms with Gasteiger partial charge in [-0.25, -0.2) is 9.59 Å². The third-order valence-corrected chi connectivity index (χ3v) is 5.48. The highest BCUT2D eigenvalue weighted by Gasteiger charge is 2.45. The molecule has 1 aromatic rings. The number of hydrogen-bond donors (Lipinski definition) is 3. The molecule has 7 heteroatoms. The molecule has 0 spiro atoms. The number of nitrogens with one attached hydrogen (secondary N) is 1. The molecule has 6 nitrogen and oxygen atoms in total. The average Bonchev–Trinajstić information content (AvgIpc) is 2.48. The minimum absolute atomic E-state index is 0.437. The summed E-state index contributed by atoms with van der Waals surface area (Å²) in [5, 5.41) is 18.4. The quantitative estimate of drug-likeness (QED) is 0.646. The first-order valence-electron chi connectivity index (χ1n) is 8.25. The molecule has 1 aromatic carbocycles. The van der Waals surface area contributed by atoms with E-state index in [1.54, 1.807) is 0 Å². The molecular formula is C18H25BrN2O4. The zero-order valence-corrected chi connectivity index (χ0v) is 16.2. The van der Waals surface area contributed by atoms with Gasteiger partial charge in [-0.2, -0.15) is 0 Å². The maximum absolute atomic E-state index is 9.10. The Hall–Kier alpha value is -1.44. The van der Waals surface area contributed by atoms with Gasteiger partial charge in [-0.05, 0) is 28.9 Å². The van der Waals surface area contributed by atoms with Crippen molar-refractivity contribution in [2.75, 3.05) is 26.2 Å². The number of benzene rings is 1. The Kier molecular flexibility index (Phi) is 6.24. The molecule has 0 saturated carbocycles. The number of halogens is 1. The van der Waals surface area contributed by atoms with E-state index in [0.29, 0.717) is 10.8 Å². The summed E-state index contributed by atoms with van der Waals surface area (Å²) in [4.78, 5) is 20.8. The Morgan fingerprint density at radius 2 is 1.64 bits per heavy atom. The van der Waals surface area contributed by atoms with Crippen LogP contribution in [-0.4, -0.2) is 53.2 Å². The Bertz CT molecular complexity index is 624. The van der Waals surface area contributed by atoms with E-state index < -0.39 is 11.9 Å². The summed E-state index contributed by atoms with van der Waals surface area (Å²) in [5.74, 6) is -3.65. The second-order valence-corrected chi connectivity index (χ2v) is 8.60. The lowest BCUT2D eigenvalue weighted by Crippen LogP contribution is -2.60. The van der Waals surface area contributed by atoms with Crippen molar-refractivity contribution in [3.63, 3.8) is 0 Å². The molecule has 25 heavy (non-hydrogen) atoms. The molecule has 2 aliphatic heterocycles. The van der Waals surface area contributed by atoms with E-state index in [-0.39, 0.29) is 0 Å². The maximum Gasteiger partial charge on any atom is 0.414 e. The van der Waals surface area contributed by atoms with Gasteiger partial charge >= 0.3 is 11.9 Å². The number of nitrogens with zero attached hydrogens (tertiary/aromatic N) is 1. The predicted octanol–water partition coefficient (Wildman–Crippen LogP) is 2.43. The molecule has 138 valence electrons. The number of aliphatic carboxylic acids is 2. The van der Waals surface area contributed by atoms with Crippen LogP contribution in [0.25, 0.3) is 0 Å². The van der Waals surface area contributed by atoms with E-state index >= 15 is 0 Å². The van der Waals surface area contributed by atoms with Crippen LogP contribution in [0.2, 0.25) is 0 Å². The highest BCUT2D eigenvalue weighted by atomic mass is 79.9. The minimum atomic E-state index is -1.82. The van der Waals surface area contributed by atoms with Crippen molar-refractivity contribution in [3.8, 4) is 0 Å². The maximum atomic E-state index is 9.10. The summed E-state index contributed by atoms with van der Waals surface area (Å²) in [5.41, 5.74) is 2.28. The fraction of sp³-hybridized carbons (Fsp3) is 0.556. The Labute approximate surface area is 156 Å². The zero-order chi connectivity index (χ0) is 18.7. The van der Waals surface area contributed by atoms with Crippen LogP contribution in [0.3, 0.4) is 0 Å². The molecule has 2 atom stereocenters. The first-order chi connectivity index (χ1) is 11.6. The number of fused-ring (bicyclic) bond motifs is 2. The van der Waals surface area contributed by atoms with Gasteiger partial charge in [0.05, 0.1) is 0 Å². The molecule has 3 rings (SSSR count). The fourth-order valence-corrected chi connectivity index (χ4v) is 4.57. The largest absolute Gasteiger partial charge is 0.473 e. The van der Waals surface area contributed by atoms with Crippen LogP contribution in [0.5, 0.6) is 0 Å². The topological polar surface area (TPSA) is 89.9 Å². The standard InChI is InChI=1S/C16H23BrN2.C2H2O4/c1-15-8-16(2,10-18-9-15)12-19(11-15)7-13-5-3-4-6-14(13)17;3-1(4)2(5)6/h3-6,18H,7-12H2,1-2H3;(H,3,4)(H,5,6). The summed E-state index contributed by atoms with van der Waals surface area (Å²) >= 11 is 3.67. The number of likely N-dealkylation sites (tertiary alicyclic amines) is 1. The zero-order valence-electron chi connectivity index (χ0n) is 14.6. The lowest BCUT2D eigenvalue weighted by atomic mass is 9.66. The molecule has 3 N–H and O–H groups in total. The monoisotopic (exact) mass is 412 g/mol. The van der Waals surface area contributed by atoms with Gasteiger partial charge in [-0.1, -0.05) is 48.0 Å². The van der Waals surface area contributed by atoms with E-state index in [2.05, 4.69) is 64.3 Å².